The number of halogens is 2. The fraction of sp³-hybridized carbons (Fsp3) is 0.143. The quantitative estimate of drug-likeness (QED) is 0.602. The Morgan fingerprint density at radius 3 is 2.54 bits per heavy atom. The average molecular weight is 296 g/mol. The van der Waals surface area contributed by atoms with Crippen LogP contribution in [0, 0.1) is 9.39 Å². The zero-order valence-electron chi connectivity index (χ0n) is 6.79. The number of ether oxygens (including phenoxy) is 1. The van der Waals surface area contributed by atoms with Crippen LogP contribution in [0.2, 0.25) is 0 Å². The van der Waals surface area contributed by atoms with Gasteiger partial charge in [-0.2, -0.15) is 0 Å². The molecule has 0 saturated heterocycles. The maximum absolute atomic E-state index is 13.3. The molecule has 0 bridgehead atoms. The van der Waals surface area contributed by atoms with Crippen molar-refractivity contribution in [2.45, 2.75) is 0 Å². The maximum Gasteiger partial charge on any atom is 0.495 e. The molecule has 0 amide bonds. The Morgan fingerprint density at radius 2 is 2.08 bits per heavy atom. The number of benzene rings is 1. The van der Waals surface area contributed by atoms with Gasteiger partial charge < -0.3 is 14.8 Å². The van der Waals surface area contributed by atoms with Crippen molar-refractivity contribution in [3.8, 4) is 5.75 Å². The fourth-order valence-electron chi connectivity index (χ4n) is 0.967. The normalized spacial score (nSPS) is 9.92. The first-order valence-corrected chi connectivity index (χ1v) is 4.53. The Labute approximate surface area is 88.8 Å². The second-order valence-electron chi connectivity index (χ2n) is 2.35. The minimum Gasteiger partial charge on any atom is -0.497 e. The summed E-state index contributed by atoms with van der Waals surface area (Å²) in [5.74, 6) is -0.525. The first-order valence-electron chi connectivity index (χ1n) is 3.46. The number of methoxy groups -OCH3 is 1. The summed E-state index contributed by atoms with van der Waals surface area (Å²) in [6.45, 7) is 0. The van der Waals surface area contributed by atoms with Crippen LogP contribution in [0.5, 0.6) is 5.75 Å². The molecular weight excluding hydrogens is 289 g/mol. The Morgan fingerprint density at radius 1 is 1.46 bits per heavy atom. The van der Waals surface area contributed by atoms with Gasteiger partial charge in [-0.1, -0.05) is 0 Å². The first-order chi connectivity index (χ1) is 6.07. The highest BCUT2D eigenvalue weighted by atomic mass is 127. The van der Waals surface area contributed by atoms with Gasteiger partial charge in [0.2, 0.25) is 0 Å². The van der Waals surface area contributed by atoms with E-state index in [-0.39, 0.29) is 11.2 Å². The van der Waals surface area contributed by atoms with Crippen molar-refractivity contribution >= 4 is 35.2 Å². The van der Waals surface area contributed by atoms with Crippen LogP contribution in [0.25, 0.3) is 0 Å². The van der Waals surface area contributed by atoms with E-state index in [4.69, 9.17) is 14.8 Å². The lowest BCUT2D eigenvalue weighted by molar-refractivity contribution is 0.398. The standard InChI is InChI=1S/C7H7BFIO3/c1-13-5-3-2-4(10)7(9)6(5)8(11)12/h2-3,11-12H,1H3. The van der Waals surface area contributed by atoms with Gasteiger partial charge in [0.25, 0.3) is 0 Å². The van der Waals surface area contributed by atoms with Crippen molar-refractivity contribution in [3.05, 3.63) is 21.5 Å². The van der Waals surface area contributed by atoms with E-state index in [0.717, 1.165) is 0 Å². The molecule has 70 valence electrons. The second kappa shape index (κ2) is 4.25. The Bertz CT molecular complexity index is 319. The molecule has 0 saturated carbocycles. The number of hydrogen-bond acceptors (Lipinski definition) is 3. The molecule has 0 spiro atoms. The second-order valence-corrected chi connectivity index (χ2v) is 3.51. The molecule has 0 heterocycles. The summed E-state index contributed by atoms with van der Waals surface area (Å²) in [7, 11) is -0.516. The van der Waals surface area contributed by atoms with E-state index in [1.807, 2.05) is 0 Å². The summed E-state index contributed by atoms with van der Waals surface area (Å²) in [5.41, 5.74) is -0.227. The summed E-state index contributed by atoms with van der Waals surface area (Å²) in [6, 6.07) is 2.99. The summed E-state index contributed by atoms with van der Waals surface area (Å²) in [4.78, 5) is 0. The topological polar surface area (TPSA) is 49.7 Å². The van der Waals surface area contributed by atoms with Crippen molar-refractivity contribution in [1.29, 1.82) is 0 Å². The lowest BCUT2D eigenvalue weighted by Crippen LogP contribution is -2.34. The van der Waals surface area contributed by atoms with Gasteiger partial charge in [0.1, 0.15) is 11.6 Å². The van der Waals surface area contributed by atoms with Crippen LogP contribution in [0.15, 0.2) is 12.1 Å². The monoisotopic (exact) mass is 296 g/mol. The van der Waals surface area contributed by atoms with E-state index in [9.17, 15) is 4.39 Å². The average Bonchev–Trinajstić information content (AvgIpc) is 2.08. The van der Waals surface area contributed by atoms with E-state index in [2.05, 4.69) is 0 Å². The van der Waals surface area contributed by atoms with E-state index < -0.39 is 12.9 Å². The third kappa shape index (κ3) is 2.12. The Kier molecular flexibility index (Phi) is 3.51. The lowest BCUT2D eigenvalue weighted by atomic mass is 9.79. The van der Waals surface area contributed by atoms with Crippen molar-refractivity contribution in [2.24, 2.45) is 0 Å². The Balaban J connectivity index is 3.32. The van der Waals surface area contributed by atoms with Crippen molar-refractivity contribution < 1.29 is 19.2 Å². The van der Waals surface area contributed by atoms with Crippen LogP contribution in [0.4, 0.5) is 4.39 Å². The molecule has 2 N–H and O–H groups in total. The molecule has 0 aliphatic carbocycles. The molecular formula is C7H7BFIO3. The smallest absolute Gasteiger partial charge is 0.495 e. The molecule has 1 aromatic carbocycles. The van der Waals surface area contributed by atoms with Crippen LogP contribution in [0.3, 0.4) is 0 Å². The largest absolute Gasteiger partial charge is 0.497 e. The van der Waals surface area contributed by atoms with Gasteiger partial charge in [-0.25, -0.2) is 4.39 Å². The molecule has 6 heteroatoms. The maximum atomic E-state index is 13.3. The summed E-state index contributed by atoms with van der Waals surface area (Å²) in [6.07, 6.45) is 0. The minimum atomic E-state index is -1.86. The van der Waals surface area contributed by atoms with Crippen LogP contribution >= 0.6 is 22.6 Å². The van der Waals surface area contributed by atoms with Gasteiger partial charge in [0.05, 0.1) is 12.6 Å². The third-order valence-corrected chi connectivity index (χ3v) is 2.40. The predicted octanol–water partition coefficient (Wildman–Crippen LogP) is 0.119. The molecule has 0 radical (unpaired) electrons. The van der Waals surface area contributed by atoms with Crippen molar-refractivity contribution in [3.63, 3.8) is 0 Å². The SMILES string of the molecule is COc1ccc(I)c(F)c1B(O)O. The van der Waals surface area contributed by atoms with Gasteiger partial charge in [0, 0.05) is 3.57 Å². The summed E-state index contributed by atoms with van der Waals surface area (Å²) >= 11 is 1.76. The third-order valence-electron chi connectivity index (χ3n) is 1.57. The first kappa shape index (κ1) is 10.7. The lowest BCUT2D eigenvalue weighted by Gasteiger charge is -2.09. The zero-order valence-corrected chi connectivity index (χ0v) is 8.95. The van der Waals surface area contributed by atoms with Crippen LogP contribution in [-0.4, -0.2) is 24.3 Å². The van der Waals surface area contributed by atoms with Gasteiger partial charge in [0.15, 0.2) is 0 Å². The molecule has 0 atom stereocenters. The van der Waals surface area contributed by atoms with Crippen molar-refractivity contribution in [2.75, 3.05) is 7.11 Å². The molecule has 1 aromatic rings. The molecule has 0 aliphatic rings. The van der Waals surface area contributed by atoms with E-state index in [1.165, 1.54) is 19.2 Å². The molecule has 0 aromatic heterocycles. The van der Waals surface area contributed by atoms with Gasteiger partial charge in [-0.15, -0.1) is 0 Å². The van der Waals surface area contributed by atoms with E-state index in [1.54, 1.807) is 22.6 Å². The highest BCUT2D eigenvalue weighted by Gasteiger charge is 2.23. The predicted molar refractivity (Wildman–Crippen MR) is 55.5 cm³/mol. The Hall–Kier alpha value is -0.335. The molecule has 13 heavy (non-hydrogen) atoms. The highest BCUT2D eigenvalue weighted by Crippen LogP contribution is 2.15. The van der Waals surface area contributed by atoms with Gasteiger partial charge in [-0.3, -0.25) is 0 Å². The fourth-order valence-corrected chi connectivity index (χ4v) is 1.44. The van der Waals surface area contributed by atoms with E-state index in [0.29, 0.717) is 3.57 Å². The van der Waals surface area contributed by atoms with Gasteiger partial charge >= 0.3 is 7.12 Å². The zero-order chi connectivity index (χ0) is 10.0. The molecule has 3 nitrogen and oxygen atoms in total. The highest BCUT2D eigenvalue weighted by molar-refractivity contribution is 14.1. The van der Waals surface area contributed by atoms with E-state index >= 15 is 0 Å². The van der Waals surface area contributed by atoms with Gasteiger partial charge in [-0.05, 0) is 34.7 Å². The molecule has 0 aliphatic heterocycles. The van der Waals surface area contributed by atoms with Crippen LogP contribution < -0.4 is 10.2 Å². The van der Waals surface area contributed by atoms with Crippen LogP contribution in [-0.2, 0) is 0 Å². The van der Waals surface area contributed by atoms with Crippen LogP contribution in [0.1, 0.15) is 0 Å². The summed E-state index contributed by atoms with van der Waals surface area (Å²) in [5, 5.41) is 17.7. The number of rotatable bonds is 2. The molecule has 0 unspecified atom stereocenters. The summed E-state index contributed by atoms with van der Waals surface area (Å²) < 4.78 is 18.4. The molecule has 1 rings (SSSR count). The molecule has 0 fully saturated rings. The minimum absolute atomic E-state index is 0.132. The number of hydrogen-bond donors (Lipinski definition) is 2. The van der Waals surface area contributed by atoms with Crippen molar-refractivity contribution in [1.82, 2.24) is 0 Å².